The van der Waals surface area contributed by atoms with E-state index in [-0.39, 0.29) is 11.1 Å². The number of hydrogen-bond donors (Lipinski definition) is 0. The quantitative estimate of drug-likeness (QED) is 0.501. The van der Waals surface area contributed by atoms with Gasteiger partial charge in [-0.25, -0.2) is 14.1 Å². The van der Waals surface area contributed by atoms with E-state index < -0.39 is 5.82 Å². The molecule has 0 saturated heterocycles. The molecular weight excluding hydrogens is 379 g/mol. The van der Waals surface area contributed by atoms with E-state index >= 15 is 0 Å². The standard InChI is InChI=1S/C21H18ClFN4O/c1-13-10-19-16(6-9-28-13)21(14-2-5-20-24-7-8-26(20)12-14)25-27(19)15-3-4-18(23)17(22)11-15/h2-5,7-8,11-13H,6,9-10H2,1H3/t13-/m1/s1. The second-order valence-corrected chi connectivity index (χ2v) is 7.44. The summed E-state index contributed by atoms with van der Waals surface area (Å²) in [6.45, 7) is 2.70. The highest BCUT2D eigenvalue weighted by molar-refractivity contribution is 6.30. The molecule has 1 aromatic carbocycles. The van der Waals surface area contributed by atoms with E-state index in [4.69, 9.17) is 21.4 Å². The molecule has 0 unspecified atom stereocenters. The third-order valence-electron chi connectivity index (χ3n) is 5.14. The number of fused-ring (bicyclic) bond motifs is 2. The summed E-state index contributed by atoms with van der Waals surface area (Å²) in [5.74, 6) is -0.439. The van der Waals surface area contributed by atoms with Crippen LogP contribution in [0.1, 0.15) is 18.2 Å². The molecular formula is C21H18ClFN4O. The largest absolute Gasteiger partial charge is 0.378 e. The number of benzene rings is 1. The Morgan fingerprint density at radius 1 is 1.25 bits per heavy atom. The molecule has 7 heteroatoms. The van der Waals surface area contributed by atoms with Crippen molar-refractivity contribution >= 4 is 17.2 Å². The Bertz CT molecular complexity index is 1180. The van der Waals surface area contributed by atoms with Gasteiger partial charge in [0.15, 0.2) is 0 Å². The molecule has 0 amide bonds. The van der Waals surface area contributed by atoms with Crippen LogP contribution in [0.5, 0.6) is 0 Å². The van der Waals surface area contributed by atoms with Crippen molar-refractivity contribution in [2.24, 2.45) is 0 Å². The van der Waals surface area contributed by atoms with Gasteiger partial charge >= 0.3 is 0 Å². The lowest BCUT2D eigenvalue weighted by atomic mass is 10.0. The number of hydrogen-bond acceptors (Lipinski definition) is 3. The molecule has 28 heavy (non-hydrogen) atoms. The monoisotopic (exact) mass is 396 g/mol. The molecule has 0 fully saturated rings. The van der Waals surface area contributed by atoms with E-state index in [0.29, 0.717) is 6.61 Å². The molecule has 1 aliphatic rings. The van der Waals surface area contributed by atoms with Gasteiger partial charge in [-0.05, 0) is 43.7 Å². The Morgan fingerprint density at radius 3 is 3.00 bits per heavy atom. The van der Waals surface area contributed by atoms with Crippen LogP contribution < -0.4 is 0 Å². The second-order valence-electron chi connectivity index (χ2n) is 7.03. The number of halogens is 2. The minimum atomic E-state index is -0.439. The SMILES string of the molecule is C[C@@H]1Cc2c(c(-c3ccc4nccn4c3)nn2-c2ccc(F)c(Cl)c2)CCO1. The van der Waals surface area contributed by atoms with Crippen LogP contribution in [0.4, 0.5) is 4.39 Å². The third kappa shape index (κ3) is 2.89. The van der Waals surface area contributed by atoms with Crippen LogP contribution in [0.15, 0.2) is 48.9 Å². The Labute approximate surface area is 166 Å². The van der Waals surface area contributed by atoms with Gasteiger partial charge in [-0.2, -0.15) is 5.10 Å². The maximum Gasteiger partial charge on any atom is 0.141 e. The van der Waals surface area contributed by atoms with Crippen molar-refractivity contribution in [3.63, 3.8) is 0 Å². The second kappa shape index (κ2) is 6.72. The molecule has 4 heterocycles. The average molecular weight is 397 g/mol. The normalized spacial score (nSPS) is 16.9. The highest BCUT2D eigenvalue weighted by atomic mass is 35.5. The zero-order valence-corrected chi connectivity index (χ0v) is 16.0. The highest BCUT2D eigenvalue weighted by Crippen LogP contribution is 2.32. The van der Waals surface area contributed by atoms with E-state index in [0.717, 1.165) is 46.7 Å². The summed E-state index contributed by atoms with van der Waals surface area (Å²) in [4.78, 5) is 4.30. The molecule has 0 N–H and O–H groups in total. The highest BCUT2D eigenvalue weighted by Gasteiger charge is 2.25. The van der Waals surface area contributed by atoms with Crippen LogP contribution in [0, 0.1) is 5.82 Å². The Balaban J connectivity index is 1.72. The van der Waals surface area contributed by atoms with Crippen LogP contribution in [0.2, 0.25) is 5.02 Å². The molecule has 0 saturated carbocycles. The van der Waals surface area contributed by atoms with Crippen LogP contribution in [0.25, 0.3) is 22.6 Å². The third-order valence-corrected chi connectivity index (χ3v) is 5.42. The van der Waals surface area contributed by atoms with Crippen LogP contribution in [0.3, 0.4) is 0 Å². The maximum absolute atomic E-state index is 13.7. The summed E-state index contributed by atoms with van der Waals surface area (Å²) in [6, 6.07) is 8.70. The molecule has 4 aromatic rings. The Morgan fingerprint density at radius 2 is 2.14 bits per heavy atom. The van der Waals surface area contributed by atoms with E-state index in [1.165, 1.54) is 6.07 Å². The minimum absolute atomic E-state index is 0.0802. The van der Waals surface area contributed by atoms with Crippen molar-refractivity contribution in [1.82, 2.24) is 19.2 Å². The summed E-state index contributed by atoms with van der Waals surface area (Å²) in [5.41, 5.74) is 5.77. The lowest BCUT2D eigenvalue weighted by molar-refractivity contribution is 0.0735. The van der Waals surface area contributed by atoms with Gasteiger partial charge in [0, 0.05) is 36.1 Å². The molecule has 0 bridgehead atoms. The van der Waals surface area contributed by atoms with Crippen LogP contribution in [-0.2, 0) is 17.6 Å². The first-order chi connectivity index (χ1) is 13.6. The smallest absolute Gasteiger partial charge is 0.141 e. The number of ether oxygens (including phenoxy) is 1. The fourth-order valence-corrected chi connectivity index (χ4v) is 3.95. The van der Waals surface area contributed by atoms with Gasteiger partial charge in [-0.15, -0.1) is 0 Å². The van der Waals surface area contributed by atoms with Gasteiger partial charge in [0.1, 0.15) is 11.5 Å². The van der Waals surface area contributed by atoms with Crippen LogP contribution in [-0.4, -0.2) is 31.9 Å². The van der Waals surface area contributed by atoms with E-state index in [1.807, 2.05) is 33.6 Å². The van der Waals surface area contributed by atoms with E-state index in [9.17, 15) is 4.39 Å². The number of imidazole rings is 1. The molecule has 0 aliphatic carbocycles. The average Bonchev–Trinajstić information content (AvgIpc) is 3.23. The first kappa shape index (κ1) is 17.4. The number of rotatable bonds is 2. The van der Waals surface area contributed by atoms with Crippen molar-refractivity contribution in [3.8, 4) is 16.9 Å². The Hall–Kier alpha value is -2.70. The summed E-state index contributed by atoms with van der Waals surface area (Å²) >= 11 is 6.03. The van der Waals surface area contributed by atoms with Crippen LogP contribution >= 0.6 is 11.6 Å². The molecule has 1 aliphatic heterocycles. The van der Waals surface area contributed by atoms with Crippen molar-refractivity contribution in [1.29, 1.82) is 0 Å². The zero-order chi connectivity index (χ0) is 19.3. The summed E-state index contributed by atoms with van der Waals surface area (Å²) in [6.07, 6.45) is 7.29. The van der Waals surface area contributed by atoms with Crippen molar-refractivity contribution in [3.05, 3.63) is 71.0 Å². The van der Waals surface area contributed by atoms with E-state index in [2.05, 4.69) is 11.9 Å². The fraction of sp³-hybridized carbons (Fsp3) is 0.238. The lowest BCUT2D eigenvalue weighted by Gasteiger charge is -2.11. The van der Waals surface area contributed by atoms with Gasteiger partial charge in [-0.3, -0.25) is 0 Å². The van der Waals surface area contributed by atoms with Gasteiger partial charge < -0.3 is 9.14 Å². The molecule has 142 valence electrons. The fourth-order valence-electron chi connectivity index (χ4n) is 3.77. The summed E-state index contributed by atoms with van der Waals surface area (Å²) in [7, 11) is 0. The maximum atomic E-state index is 13.7. The van der Waals surface area contributed by atoms with Crippen molar-refractivity contribution in [2.45, 2.75) is 25.9 Å². The van der Waals surface area contributed by atoms with Gasteiger partial charge in [0.05, 0.1) is 34.8 Å². The van der Waals surface area contributed by atoms with Gasteiger partial charge in [0.2, 0.25) is 0 Å². The zero-order valence-electron chi connectivity index (χ0n) is 15.3. The topological polar surface area (TPSA) is 44.4 Å². The number of nitrogens with zero attached hydrogens (tertiary/aromatic N) is 4. The predicted molar refractivity (Wildman–Crippen MR) is 106 cm³/mol. The van der Waals surface area contributed by atoms with Crippen molar-refractivity contribution < 1.29 is 9.13 Å². The first-order valence-corrected chi connectivity index (χ1v) is 9.59. The lowest BCUT2D eigenvalue weighted by Crippen LogP contribution is -2.13. The molecule has 5 nitrogen and oxygen atoms in total. The summed E-state index contributed by atoms with van der Waals surface area (Å²) < 4.78 is 23.4. The summed E-state index contributed by atoms with van der Waals surface area (Å²) in [5, 5.41) is 5.00. The van der Waals surface area contributed by atoms with Gasteiger partial charge in [0.25, 0.3) is 0 Å². The first-order valence-electron chi connectivity index (χ1n) is 9.21. The number of aromatic nitrogens is 4. The van der Waals surface area contributed by atoms with E-state index in [1.54, 1.807) is 18.3 Å². The molecule has 3 aromatic heterocycles. The number of pyridine rings is 1. The van der Waals surface area contributed by atoms with Crippen molar-refractivity contribution in [2.75, 3.05) is 6.61 Å². The molecule has 5 rings (SSSR count). The minimum Gasteiger partial charge on any atom is -0.378 e. The van der Waals surface area contributed by atoms with Gasteiger partial charge in [-0.1, -0.05) is 11.6 Å². The molecule has 0 radical (unpaired) electrons. The Kier molecular flexibility index (Phi) is 4.18. The predicted octanol–water partition coefficient (Wildman–Crippen LogP) is 4.48. The molecule has 1 atom stereocenters. The molecule has 0 spiro atoms.